The molecule has 0 spiro atoms. The van der Waals surface area contributed by atoms with Gasteiger partial charge in [-0.25, -0.2) is 0 Å². The van der Waals surface area contributed by atoms with E-state index in [-0.39, 0.29) is 5.41 Å². The highest BCUT2D eigenvalue weighted by atomic mass is 15.2. The Hall–Kier alpha value is -0.570. The molecule has 0 aliphatic rings. The van der Waals surface area contributed by atoms with Gasteiger partial charge in [-0.1, -0.05) is 20.8 Å². The molecule has 1 N–H and O–H groups in total. The Labute approximate surface area is 95.0 Å². The van der Waals surface area contributed by atoms with Crippen LogP contribution in [-0.4, -0.2) is 49.4 Å². The van der Waals surface area contributed by atoms with E-state index in [4.69, 9.17) is 5.41 Å². The van der Waals surface area contributed by atoms with Gasteiger partial charge >= 0.3 is 0 Å². The minimum atomic E-state index is -0.0336. The lowest BCUT2D eigenvalue weighted by molar-refractivity contribution is 0.334. The maximum absolute atomic E-state index is 8.10. The van der Waals surface area contributed by atoms with Gasteiger partial charge < -0.3 is 9.80 Å². The van der Waals surface area contributed by atoms with Gasteiger partial charge in [0.1, 0.15) is 5.84 Å². The molecule has 3 heteroatoms. The Morgan fingerprint density at radius 2 is 1.67 bits per heavy atom. The van der Waals surface area contributed by atoms with Gasteiger partial charge in [-0.3, -0.25) is 5.41 Å². The number of hydrogen-bond acceptors (Lipinski definition) is 2. The third-order valence-electron chi connectivity index (χ3n) is 2.44. The maximum Gasteiger partial charge on any atom is 0.101 e. The summed E-state index contributed by atoms with van der Waals surface area (Å²) < 4.78 is 0. The molecule has 0 heterocycles. The van der Waals surface area contributed by atoms with Crippen molar-refractivity contribution < 1.29 is 0 Å². The van der Waals surface area contributed by atoms with Crippen LogP contribution in [0.25, 0.3) is 0 Å². The van der Waals surface area contributed by atoms with Crippen LogP contribution >= 0.6 is 0 Å². The summed E-state index contributed by atoms with van der Waals surface area (Å²) in [7, 11) is 4.18. The standard InChI is InChI=1S/C12H27N3/c1-7-15(10-8-9-14(5)6)11(13)12(2,3)4/h13H,7-10H2,1-6H3. The minimum Gasteiger partial charge on any atom is -0.360 e. The van der Waals surface area contributed by atoms with Crippen molar-refractivity contribution in [2.24, 2.45) is 5.41 Å². The molecule has 0 saturated carbocycles. The lowest BCUT2D eigenvalue weighted by Gasteiger charge is -2.32. The third-order valence-corrected chi connectivity index (χ3v) is 2.44. The first-order valence-electron chi connectivity index (χ1n) is 5.77. The fraction of sp³-hybridized carbons (Fsp3) is 0.917. The van der Waals surface area contributed by atoms with Gasteiger partial charge in [0.15, 0.2) is 0 Å². The first-order chi connectivity index (χ1) is 6.79. The number of nitrogens with zero attached hydrogens (tertiary/aromatic N) is 2. The van der Waals surface area contributed by atoms with E-state index in [0.717, 1.165) is 31.9 Å². The molecule has 0 rings (SSSR count). The molecule has 90 valence electrons. The Morgan fingerprint density at radius 3 is 2.00 bits per heavy atom. The quantitative estimate of drug-likeness (QED) is 0.561. The Balaban J connectivity index is 4.09. The number of rotatable bonds is 5. The van der Waals surface area contributed by atoms with Crippen LogP contribution in [0.1, 0.15) is 34.1 Å². The van der Waals surface area contributed by atoms with Gasteiger partial charge in [-0.2, -0.15) is 0 Å². The van der Waals surface area contributed by atoms with Crippen molar-refractivity contribution in [3.63, 3.8) is 0 Å². The summed E-state index contributed by atoms with van der Waals surface area (Å²) in [4.78, 5) is 4.36. The second kappa shape index (κ2) is 6.11. The summed E-state index contributed by atoms with van der Waals surface area (Å²) >= 11 is 0. The fourth-order valence-electron chi connectivity index (χ4n) is 1.48. The molecule has 0 atom stereocenters. The van der Waals surface area contributed by atoms with Crippen LogP contribution in [0.4, 0.5) is 0 Å². The Kier molecular flexibility index (Phi) is 5.88. The molecule has 3 nitrogen and oxygen atoms in total. The zero-order valence-electron chi connectivity index (χ0n) is 11.2. The molecule has 0 aromatic carbocycles. The van der Waals surface area contributed by atoms with Crippen molar-refractivity contribution in [3.8, 4) is 0 Å². The second-order valence-electron chi connectivity index (χ2n) is 5.34. The molecule has 0 bridgehead atoms. The minimum absolute atomic E-state index is 0.0336. The fourth-order valence-corrected chi connectivity index (χ4v) is 1.48. The van der Waals surface area contributed by atoms with Crippen LogP contribution in [0.3, 0.4) is 0 Å². The van der Waals surface area contributed by atoms with Crippen molar-refractivity contribution in [3.05, 3.63) is 0 Å². The van der Waals surface area contributed by atoms with Crippen LogP contribution < -0.4 is 0 Å². The summed E-state index contributed by atoms with van der Waals surface area (Å²) in [6, 6.07) is 0. The van der Waals surface area contributed by atoms with Crippen LogP contribution in [0, 0.1) is 10.8 Å². The monoisotopic (exact) mass is 213 g/mol. The summed E-state index contributed by atoms with van der Waals surface area (Å²) in [5, 5.41) is 8.10. The molecule has 0 fully saturated rings. The molecule has 0 aliphatic carbocycles. The molecule has 0 aromatic rings. The molecule has 0 amide bonds. The lowest BCUT2D eigenvalue weighted by atomic mass is 9.94. The van der Waals surface area contributed by atoms with Gasteiger partial charge in [-0.15, -0.1) is 0 Å². The van der Waals surface area contributed by atoms with Crippen LogP contribution in [0.5, 0.6) is 0 Å². The lowest BCUT2D eigenvalue weighted by Crippen LogP contribution is -2.40. The number of nitrogens with one attached hydrogen (secondary N) is 1. The van der Waals surface area contributed by atoms with E-state index in [1.54, 1.807) is 0 Å². The largest absolute Gasteiger partial charge is 0.360 e. The van der Waals surface area contributed by atoms with Crippen molar-refractivity contribution in [1.29, 1.82) is 5.41 Å². The summed E-state index contributed by atoms with van der Waals surface area (Å²) in [6.45, 7) is 11.4. The highest BCUT2D eigenvalue weighted by Crippen LogP contribution is 2.17. The van der Waals surface area contributed by atoms with Crippen LogP contribution in [0.2, 0.25) is 0 Å². The number of hydrogen-bond donors (Lipinski definition) is 1. The summed E-state index contributed by atoms with van der Waals surface area (Å²) in [5.74, 6) is 0.753. The van der Waals surface area contributed by atoms with Crippen molar-refractivity contribution in [2.45, 2.75) is 34.1 Å². The van der Waals surface area contributed by atoms with Crippen molar-refractivity contribution in [2.75, 3.05) is 33.7 Å². The van der Waals surface area contributed by atoms with Crippen molar-refractivity contribution >= 4 is 5.84 Å². The van der Waals surface area contributed by atoms with E-state index in [0.29, 0.717) is 0 Å². The topological polar surface area (TPSA) is 30.3 Å². The van der Waals surface area contributed by atoms with E-state index in [1.165, 1.54) is 0 Å². The zero-order valence-corrected chi connectivity index (χ0v) is 11.2. The van der Waals surface area contributed by atoms with E-state index in [9.17, 15) is 0 Å². The Bertz CT molecular complexity index is 192. The van der Waals surface area contributed by atoms with Crippen LogP contribution in [-0.2, 0) is 0 Å². The zero-order chi connectivity index (χ0) is 12.1. The predicted octanol–water partition coefficient (Wildman–Crippen LogP) is 2.28. The normalized spacial score (nSPS) is 11.9. The average molecular weight is 213 g/mol. The first kappa shape index (κ1) is 14.4. The molecule has 15 heavy (non-hydrogen) atoms. The first-order valence-corrected chi connectivity index (χ1v) is 5.77. The van der Waals surface area contributed by atoms with Gasteiger partial charge in [0.2, 0.25) is 0 Å². The molecule has 0 aliphatic heterocycles. The summed E-state index contributed by atoms with van der Waals surface area (Å²) in [5.41, 5.74) is -0.0336. The van der Waals surface area contributed by atoms with Gasteiger partial charge in [0.05, 0.1) is 0 Å². The molecular weight excluding hydrogens is 186 g/mol. The van der Waals surface area contributed by atoms with Crippen LogP contribution in [0.15, 0.2) is 0 Å². The maximum atomic E-state index is 8.10. The highest BCUT2D eigenvalue weighted by molar-refractivity contribution is 5.84. The Morgan fingerprint density at radius 1 is 1.13 bits per heavy atom. The van der Waals surface area contributed by atoms with E-state index < -0.39 is 0 Å². The third kappa shape index (κ3) is 5.78. The van der Waals surface area contributed by atoms with Gasteiger partial charge in [-0.05, 0) is 34.0 Å². The summed E-state index contributed by atoms with van der Waals surface area (Å²) in [6.07, 6.45) is 1.12. The average Bonchev–Trinajstić information content (AvgIpc) is 2.09. The number of amidine groups is 1. The predicted molar refractivity (Wildman–Crippen MR) is 67.6 cm³/mol. The smallest absolute Gasteiger partial charge is 0.101 e. The molecule has 0 unspecified atom stereocenters. The second-order valence-corrected chi connectivity index (χ2v) is 5.34. The highest BCUT2D eigenvalue weighted by Gasteiger charge is 2.21. The SMILES string of the molecule is CCN(CCCN(C)C)C(=N)C(C)(C)C. The van der Waals surface area contributed by atoms with E-state index in [2.05, 4.69) is 51.6 Å². The van der Waals surface area contributed by atoms with E-state index in [1.807, 2.05) is 0 Å². The molecular formula is C12H27N3. The van der Waals surface area contributed by atoms with Crippen molar-refractivity contribution in [1.82, 2.24) is 9.80 Å². The molecule has 0 radical (unpaired) electrons. The van der Waals surface area contributed by atoms with E-state index >= 15 is 0 Å². The van der Waals surface area contributed by atoms with Gasteiger partial charge in [0, 0.05) is 18.5 Å². The molecule has 0 saturated heterocycles. The molecule has 0 aromatic heterocycles. The van der Waals surface area contributed by atoms with Gasteiger partial charge in [0.25, 0.3) is 0 Å².